The lowest BCUT2D eigenvalue weighted by Crippen LogP contribution is -2.52. The fraction of sp³-hybridized carbons (Fsp3) is 0.321. The minimum Gasteiger partial charge on any atom is -0.495 e. The first-order valence-electron chi connectivity index (χ1n) is 12.3. The highest BCUT2D eigenvalue weighted by molar-refractivity contribution is 7.93. The van der Waals surface area contributed by atoms with Crippen molar-refractivity contribution in [2.24, 2.45) is 0 Å². The van der Waals surface area contributed by atoms with Crippen LogP contribution in [0.4, 0.5) is 24.5 Å². The summed E-state index contributed by atoms with van der Waals surface area (Å²) in [6.45, 7) is 4.32. The average Bonchev–Trinajstić information content (AvgIpc) is 2.92. The Balaban J connectivity index is 1.56. The third kappa shape index (κ3) is 6.30. The van der Waals surface area contributed by atoms with E-state index in [0.717, 1.165) is 27.6 Å². The number of piperazine rings is 1. The average molecular weight is 562 g/mol. The number of methoxy groups -OCH3 is 1. The second-order valence-corrected chi connectivity index (χ2v) is 11.2. The highest BCUT2D eigenvalue weighted by atomic mass is 32.2. The molecule has 0 atom stereocenters. The highest BCUT2D eigenvalue weighted by Crippen LogP contribution is 2.33. The van der Waals surface area contributed by atoms with Gasteiger partial charge in [0.1, 0.15) is 17.2 Å². The summed E-state index contributed by atoms with van der Waals surface area (Å²) in [4.78, 5) is 16.7. The van der Waals surface area contributed by atoms with E-state index in [4.69, 9.17) is 4.74 Å². The fourth-order valence-electron chi connectivity index (χ4n) is 4.45. The number of ether oxygens (including phenoxy) is 1. The normalized spacial score (nSPS) is 14.3. The number of alkyl halides is 3. The number of hydrogen-bond donors (Lipinski definition) is 0. The van der Waals surface area contributed by atoms with Crippen molar-refractivity contribution in [1.82, 2.24) is 4.90 Å². The second kappa shape index (κ2) is 11.2. The van der Waals surface area contributed by atoms with Crippen LogP contribution in [0.3, 0.4) is 0 Å². The molecule has 1 fully saturated rings. The van der Waals surface area contributed by atoms with E-state index in [9.17, 15) is 26.4 Å². The van der Waals surface area contributed by atoms with Crippen molar-refractivity contribution in [2.45, 2.75) is 24.9 Å². The Morgan fingerprint density at radius 3 is 2.18 bits per heavy atom. The van der Waals surface area contributed by atoms with E-state index in [0.29, 0.717) is 24.5 Å². The monoisotopic (exact) mass is 561 g/mol. The van der Waals surface area contributed by atoms with Crippen LogP contribution >= 0.6 is 0 Å². The topological polar surface area (TPSA) is 70.2 Å². The van der Waals surface area contributed by atoms with Crippen LogP contribution in [0, 0.1) is 13.8 Å². The van der Waals surface area contributed by atoms with E-state index in [2.05, 4.69) is 0 Å². The van der Waals surface area contributed by atoms with E-state index in [1.54, 1.807) is 54.3 Å². The van der Waals surface area contributed by atoms with Gasteiger partial charge in [-0.05, 0) is 61.9 Å². The molecule has 0 aromatic heterocycles. The van der Waals surface area contributed by atoms with Gasteiger partial charge in [0.25, 0.3) is 10.0 Å². The van der Waals surface area contributed by atoms with Crippen molar-refractivity contribution in [3.8, 4) is 5.75 Å². The Labute approximate surface area is 226 Å². The minimum absolute atomic E-state index is 0.0484. The standard InChI is InChI=1S/C28H30F3N3O4S/c1-20-7-10-23(11-8-20)34(39(36,37)26-17-21(2)9-12-25(26)38-3)19-27(35)33-15-13-32(14-16-33)24-6-4-5-22(18-24)28(29,30)31/h4-12,17-18H,13-16,19H2,1-3H3. The van der Waals surface area contributed by atoms with Crippen LogP contribution in [0.15, 0.2) is 71.6 Å². The van der Waals surface area contributed by atoms with E-state index in [1.807, 2.05) is 6.92 Å². The molecule has 0 spiro atoms. The van der Waals surface area contributed by atoms with Crippen molar-refractivity contribution in [2.75, 3.05) is 49.0 Å². The van der Waals surface area contributed by atoms with Gasteiger partial charge in [-0.25, -0.2) is 8.42 Å². The van der Waals surface area contributed by atoms with E-state index < -0.39 is 34.2 Å². The van der Waals surface area contributed by atoms with Gasteiger partial charge in [-0.15, -0.1) is 0 Å². The molecule has 7 nitrogen and oxygen atoms in total. The summed E-state index contributed by atoms with van der Waals surface area (Å²) in [6, 6.07) is 16.7. The highest BCUT2D eigenvalue weighted by Gasteiger charge is 2.33. The largest absolute Gasteiger partial charge is 0.495 e. The molecular weight excluding hydrogens is 531 g/mol. The molecule has 0 N–H and O–H groups in total. The van der Waals surface area contributed by atoms with Gasteiger partial charge in [0.15, 0.2) is 0 Å². The Bertz CT molecular complexity index is 1440. The fourth-order valence-corrected chi connectivity index (χ4v) is 6.10. The number of benzene rings is 3. The molecule has 1 aliphatic heterocycles. The SMILES string of the molecule is COc1ccc(C)cc1S(=O)(=O)N(CC(=O)N1CCN(c2cccc(C(F)(F)F)c2)CC1)c1ccc(C)cc1. The summed E-state index contributed by atoms with van der Waals surface area (Å²) in [5, 5.41) is 0. The first kappa shape index (κ1) is 28.3. The molecule has 0 bridgehead atoms. The Morgan fingerprint density at radius 2 is 1.56 bits per heavy atom. The number of hydrogen-bond acceptors (Lipinski definition) is 5. The third-order valence-electron chi connectivity index (χ3n) is 6.66. The number of amides is 1. The predicted octanol–water partition coefficient (Wildman–Crippen LogP) is 4.87. The molecule has 1 saturated heterocycles. The van der Waals surface area contributed by atoms with Crippen molar-refractivity contribution in [3.63, 3.8) is 0 Å². The van der Waals surface area contributed by atoms with E-state index in [-0.39, 0.29) is 23.7 Å². The zero-order chi connectivity index (χ0) is 28.4. The molecule has 39 heavy (non-hydrogen) atoms. The smallest absolute Gasteiger partial charge is 0.416 e. The number of nitrogens with zero attached hydrogens (tertiary/aromatic N) is 3. The minimum atomic E-state index is -4.45. The van der Waals surface area contributed by atoms with Crippen LogP contribution in [0.1, 0.15) is 16.7 Å². The van der Waals surface area contributed by atoms with Crippen molar-refractivity contribution < 1.29 is 31.1 Å². The maximum Gasteiger partial charge on any atom is 0.416 e. The molecule has 0 saturated carbocycles. The summed E-state index contributed by atoms with van der Waals surface area (Å²) in [7, 11) is -2.81. The Morgan fingerprint density at radius 1 is 0.923 bits per heavy atom. The molecule has 1 aliphatic rings. The molecule has 11 heteroatoms. The number of anilines is 2. The van der Waals surface area contributed by atoms with Gasteiger partial charge in [0.05, 0.1) is 18.4 Å². The summed E-state index contributed by atoms with van der Waals surface area (Å²) in [5.41, 5.74) is 1.67. The Kier molecular flexibility index (Phi) is 8.10. The number of carbonyl (C=O) groups excluding carboxylic acids is 1. The van der Waals surface area contributed by atoms with Crippen LogP contribution in [0.25, 0.3) is 0 Å². The molecule has 208 valence electrons. The lowest BCUT2D eigenvalue weighted by atomic mass is 10.1. The van der Waals surface area contributed by atoms with Crippen LogP contribution in [-0.2, 0) is 21.0 Å². The van der Waals surface area contributed by atoms with Gasteiger partial charge in [-0.2, -0.15) is 13.2 Å². The van der Waals surface area contributed by atoms with Crippen LogP contribution in [-0.4, -0.2) is 59.1 Å². The van der Waals surface area contributed by atoms with Crippen LogP contribution < -0.4 is 13.9 Å². The van der Waals surface area contributed by atoms with E-state index >= 15 is 0 Å². The van der Waals surface area contributed by atoms with Crippen molar-refractivity contribution >= 4 is 27.3 Å². The number of carbonyl (C=O) groups is 1. The molecule has 0 aliphatic carbocycles. The molecule has 1 heterocycles. The summed E-state index contributed by atoms with van der Waals surface area (Å²) >= 11 is 0. The van der Waals surface area contributed by atoms with Gasteiger partial charge in [0.2, 0.25) is 5.91 Å². The van der Waals surface area contributed by atoms with Gasteiger partial charge < -0.3 is 14.5 Å². The first-order valence-corrected chi connectivity index (χ1v) is 13.8. The lowest BCUT2D eigenvalue weighted by Gasteiger charge is -2.37. The number of aryl methyl sites for hydroxylation is 2. The third-order valence-corrected chi connectivity index (χ3v) is 8.45. The zero-order valence-corrected chi connectivity index (χ0v) is 22.7. The molecule has 4 rings (SSSR count). The second-order valence-electron chi connectivity index (χ2n) is 9.42. The molecule has 3 aromatic carbocycles. The maximum atomic E-state index is 13.9. The van der Waals surface area contributed by atoms with E-state index in [1.165, 1.54) is 24.1 Å². The summed E-state index contributed by atoms with van der Waals surface area (Å²) in [5.74, 6) is -0.241. The quantitative estimate of drug-likeness (QED) is 0.412. The van der Waals surface area contributed by atoms with Gasteiger partial charge in [-0.1, -0.05) is 29.8 Å². The van der Waals surface area contributed by atoms with Crippen molar-refractivity contribution in [3.05, 3.63) is 83.4 Å². The zero-order valence-electron chi connectivity index (χ0n) is 21.9. The lowest BCUT2D eigenvalue weighted by molar-refractivity contribution is -0.137. The molecule has 3 aromatic rings. The van der Waals surface area contributed by atoms with Crippen molar-refractivity contribution in [1.29, 1.82) is 0 Å². The first-order chi connectivity index (χ1) is 18.4. The number of sulfonamides is 1. The summed E-state index contributed by atoms with van der Waals surface area (Å²) < 4.78 is 73.6. The molecule has 1 amide bonds. The van der Waals surface area contributed by atoms with Gasteiger partial charge in [0, 0.05) is 31.9 Å². The van der Waals surface area contributed by atoms with Crippen LogP contribution in [0.2, 0.25) is 0 Å². The number of halogens is 3. The van der Waals surface area contributed by atoms with Gasteiger partial charge >= 0.3 is 6.18 Å². The Hall–Kier alpha value is -3.73. The summed E-state index contributed by atoms with van der Waals surface area (Å²) in [6.07, 6.45) is -4.45. The molecule has 0 unspecified atom stereocenters. The molecule has 0 radical (unpaired) electrons. The maximum absolute atomic E-state index is 13.9. The predicted molar refractivity (Wildman–Crippen MR) is 144 cm³/mol. The molecular formula is C28H30F3N3O4S. The number of rotatable bonds is 7. The van der Waals surface area contributed by atoms with Crippen LogP contribution in [0.5, 0.6) is 5.75 Å². The van der Waals surface area contributed by atoms with Gasteiger partial charge in [-0.3, -0.25) is 9.10 Å².